The molecule has 1 heterocycles. The molecule has 1 aromatic heterocycles. The van der Waals surface area contributed by atoms with Crippen LogP contribution in [0.15, 0.2) is 6.07 Å². The average Bonchev–Trinajstić information content (AvgIpc) is 2.56. The Morgan fingerprint density at radius 2 is 1.67 bits per heavy atom. The van der Waals surface area contributed by atoms with Crippen molar-refractivity contribution in [1.29, 1.82) is 0 Å². The highest BCUT2D eigenvalue weighted by Gasteiger charge is 2.13. The van der Waals surface area contributed by atoms with Gasteiger partial charge in [-0.3, -0.25) is 5.10 Å². The maximum atomic E-state index is 5.64. The van der Waals surface area contributed by atoms with Gasteiger partial charge in [0.2, 0.25) is 0 Å². The van der Waals surface area contributed by atoms with Crippen molar-refractivity contribution in [3.8, 4) is 0 Å². The van der Waals surface area contributed by atoms with Crippen LogP contribution in [-0.4, -0.2) is 22.3 Å². The van der Waals surface area contributed by atoms with Gasteiger partial charge in [0.1, 0.15) is 5.82 Å². The summed E-state index contributed by atoms with van der Waals surface area (Å²) < 4.78 is 0. The van der Waals surface area contributed by atoms with Crippen LogP contribution >= 0.6 is 0 Å². The van der Waals surface area contributed by atoms with E-state index in [1.54, 1.807) is 6.07 Å². The molecule has 0 amide bonds. The minimum absolute atomic E-state index is 0.440. The smallest absolute Gasteiger partial charge is 0.145 e. The molecular formula is C10H21N5. The largest absolute Gasteiger partial charge is 0.382 e. The second kappa shape index (κ2) is 5.72. The molecule has 0 bridgehead atoms. The molecule has 0 atom stereocenters. The molecule has 1 aliphatic rings. The van der Waals surface area contributed by atoms with E-state index in [1.165, 1.54) is 0 Å². The molecule has 86 valence electrons. The highest BCUT2D eigenvalue weighted by Crippen LogP contribution is 2.14. The van der Waals surface area contributed by atoms with Gasteiger partial charge in [-0.15, -0.1) is 0 Å². The zero-order valence-corrected chi connectivity index (χ0v) is 9.24. The quantitative estimate of drug-likeness (QED) is 0.501. The molecule has 2 rings (SSSR count). The summed E-state index contributed by atoms with van der Waals surface area (Å²) in [5.74, 6) is 0.553. The van der Waals surface area contributed by atoms with Gasteiger partial charge in [-0.1, -0.05) is 0 Å². The molecule has 5 heteroatoms. The Labute approximate surface area is 90.4 Å². The zero-order valence-electron chi connectivity index (χ0n) is 9.24. The molecule has 0 saturated heterocycles. The monoisotopic (exact) mass is 211 g/mol. The number of H-pyrrole nitrogens is 1. The molecule has 0 aliphatic heterocycles. The molecule has 1 saturated carbocycles. The van der Waals surface area contributed by atoms with Crippen LogP contribution < -0.4 is 17.2 Å². The van der Waals surface area contributed by atoms with Gasteiger partial charge in [-0.05, 0) is 32.6 Å². The summed E-state index contributed by atoms with van der Waals surface area (Å²) in [5.41, 5.74) is 17.5. The van der Waals surface area contributed by atoms with E-state index in [1.807, 2.05) is 6.92 Å². The zero-order chi connectivity index (χ0) is 11.3. The Bertz CT molecular complexity index is 249. The van der Waals surface area contributed by atoms with Crippen molar-refractivity contribution in [3.05, 3.63) is 11.8 Å². The topological polar surface area (TPSA) is 107 Å². The fourth-order valence-electron chi connectivity index (χ4n) is 1.58. The van der Waals surface area contributed by atoms with Gasteiger partial charge in [-0.2, -0.15) is 5.10 Å². The van der Waals surface area contributed by atoms with Crippen molar-refractivity contribution in [1.82, 2.24) is 10.2 Å². The summed E-state index contributed by atoms with van der Waals surface area (Å²) in [6.45, 7) is 1.91. The lowest BCUT2D eigenvalue weighted by molar-refractivity contribution is 0.395. The van der Waals surface area contributed by atoms with Crippen molar-refractivity contribution in [2.45, 2.75) is 44.7 Å². The molecule has 1 fully saturated rings. The third kappa shape index (κ3) is 4.80. The first kappa shape index (κ1) is 12.0. The van der Waals surface area contributed by atoms with E-state index in [4.69, 9.17) is 17.2 Å². The number of aryl methyl sites for hydroxylation is 1. The molecule has 7 N–H and O–H groups in total. The van der Waals surface area contributed by atoms with Crippen LogP contribution in [0.5, 0.6) is 0 Å². The average molecular weight is 211 g/mol. The lowest BCUT2D eigenvalue weighted by Gasteiger charge is -2.22. The number of hydrogen-bond acceptors (Lipinski definition) is 4. The van der Waals surface area contributed by atoms with Gasteiger partial charge in [-0.25, -0.2) is 0 Å². The Kier molecular flexibility index (Phi) is 4.58. The summed E-state index contributed by atoms with van der Waals surface area (Å²) in [6.07, 6.45) is 4.50. The van der Waals surface area contributed by atoms with Crippen LogP contribution in [0.4, 0.5) is 5.82 Å². The molecule has 0 unspecified atom stereocenters. The summed E-state index contributed by atoms with van der Waals surface area (Å²) in [4.78, 5) is 0. The fourth-order valence-corrected chi connectivity index (χ4v) is 1.58. The van der Waals surface area contributed by atoms with Crippen molar-refractivity contribution < 1.29 is 0 Å². The van der Waals surface area contributed by atoms with Crippen molar-refractivity contribution in [3.63, 3.8) is 0 Å². The third-order valence-corrected chi connectivity index (χ3v) is 2.54. The molecule has 5 nitrogen and oxygen atoms in total. The molecular weight excluding hydrogens is 190 g/mol. The number of hydrogen-bond donors (Lipinski definition) is 4. The lowest BCUT2D eigenvalue weighted by Crippen LogP contribution is -2.33. The van der Waals surface area contributed by atoms with Crippen LogP contribution in [0, 0.1) is 6.92 Å². The van der Waals surface area contributed by atoms with Crippen LogP contribution in [0.1, 0.15) is 31.4 Å². The molecule has 15 heavy (non-hydrogen) atoms. The van der Waals surface area contributed by atoms with Crippen LogP contribution in [-0.2, 0) is 0 Å². The maximum absolute atomic E-state index is 5.64. The van der Waals surface area contributed by atoms with Gasteiger partial charge in [0.05, 0.1) is 0 Å². The number of rotatable bonds is 0. The molecule has 0 spiro atoms. The number of aromatic amines is 1. The minimum atomic E-state index is 0.440. The van der Waals surface area contributed by atoms with Crippen LogP contribution in [0.2, 0.25) is 0 Å². The van der Waals surface area contributed by atoms with E-state index in [9.17, 15) is 0 Å². The highest BCUT2D eigenvalue weighted by atomic mass is 15.1. The number of nitrogens with two attached hydrogens (primary N) is 3. The second-order valence-corrected chi connectivity index (χ2v) is 4.15. The van der Waals surface area contributed by atoms with E-state index < -0.39 is 0 Å². The predicted octanol–water partition coefficient (Wildman–Crippen LogP) is 0.515. The molecule has 0 aromatic carbocycles. The number of nitrogens with zero attached hydrogens (tertiary/aromatic N) is 1. The van der Waals surface area contributed by atoms with Crippen LogP contribution in [0.3, 0.4) is 0 Å². The molecule has 0 radical (unpaired) electrons. The fraction of sp³-hybridized carbons (Fsp3) is 0.700. The van der Waals surface area contributed by atoms with Crippen molar-refractivity contribution in [2.75, 3.05) is 5.73 Å². The molecule has 1 aromatic rings. The van der Waals surface area contributed by atoms with Gasteiger partial charge < -0.3 is 17.2 Å². The predicted molar refractivity (Wildman–Crippen MR) is 62.2 cm³/mol. The van der Waals surface area contributed by atoms with Gasteiger partial charge in [0.15, 0.2) is 0 Å². The summed E-state index contributed by atoms with van der Waals surface area (Å²) >= 11 is 0. The lowest BCUT2D eigenvalue weighted by atomic mass is 9.93. The third-order valence-electron chi connectivity index (χ3n) is 2.54. The Morgan fingerprint density at radius 3 is 1.87 bits per heavy atom. The normalized spacial score (nSPS) is 25.5. The number of nitrogen functional groups attached to an aromatic ring is 1. The first-order valence-corrected chi connectivity index (χ1v) is 5.36. The number of aromatic nitrogens is 2. The van der Waals surface area contributed by atoms with Gasteiger partial charge in [0.25, 0.3) is 0 Å². The summed E-state index contributed by atoms with van der Waals surface area (Å²) in [5, 5.41) is 6.36. The Hall–Kier alpha value is -1.07. The number of anilines is 1. The van der Waals surface area contributed by atoms with Crippen molar-refractivity contribution >= 4 is 5.82 Å². The summed E-state index contributed by atoms with van der Waals surface area (Å²) in [6, 6.07) is 2.66. The van der Waals surface area contributed by atoms with E-state index in [0.717, 1.165) is 31.4 Å². The van der Waals surface area contributed by atoms with E-state index in [0.29, 0.717) is 17.9 Å². The number of nitrogens with one attached hydrogen (secondary N) is 1. The second-order valence-electron chi connectivity index (χ2n) is 4.15. The Balaban J connectivity index is 0.000000151. The highest BCUT2D eigenvalue weighted by molar-refractivity contribution is 5.27. The van der Waals surface area contributed by atoms with E-state index in [-0.39, 0.29) is 0 Å². The SMILES string of the molecule is Cc1cc(N)n[nH]1.NC1CCC(N)CC1. The standard InChI is InChI=1S/C6H14N2.C4H7N3/c7-5-1-2-6(8)4-3-5;1-3-2-4(5)7-6-3/h5-6H,1-4,7-8H2;2H,1H3,(H3,5,6,7). The first-order valence-electron chi connectivity index (χ1n) is 5.36. The van der Waals surface area contributed by atoms with Crippen LogP contribution in [0.25, 0.3) is 0 Å². The van der Waals surface area contributed by atoms with E-state index >= 15 is 0 Å². The van der Waals surface area contributed by atoms with Gasteiger partial charge in [0, 0.05) is 23.8 Å². The van der Waals surface area contributed by atoms with Crippen molar-refractivity contribution in [2.24, 2.45) is 11.5 Å². The Morgan fingerprint density at radius 1 is 1.20 bits per heavy atom. The molecule has 1 aliphatic carbocycles. The van der Waals surface area contributed by atoms with Gasteiger partial charge >= 0.3 is 0 Å². The van der Waals surface area contributed by atoms with E-state index in [2.05, 4.69) is 10.2 Å². The maximum Gasteiger partial charge on any atom is 0.145 e. The minimum Gasteiger partial charge on any atom is -0.382 e. The first-order chi connectivity index (χ1) is 7.08. The summed E-state index contributed by atoms with van der Waals surface area (Å²) in [7, 11) is 0.